The lowest BCUT2D eigenvalue weighted by Crippen LogP contribution is -2.45. The molecule has 0 aliphatic rings. The standard InChI is InChI=1S/C15H22BrN3O4S/c1-15(2,3)18-13(20)9-17-14(21)10-6-7-11(16)12(8-10)24(22,23)19(4)5/h6-8H,9H2,1-5H3,(H,17,21)(H,18,20). The zero-order valence-corrected chi connectivity index (χ0v) is 16.7. The molecule has 9 heteroatoms. The summed E-state index contributed by atoms with van der Waals surface area (Å²) in [6.45, 7) is 5.31. The van der Waals surface area contributed by atoms with E-state index < -0.39 is 21.5 Å². The summed E-state index contributed by atoms with van der Waals surface area (Å²) in [6.07, 6.45) is 0. The highest BCUT2D eigenvalue weighted by Crippen LogP contribution is 2.25. The Bertz CT molecular complexity index is 740. The molecule has 2 N–H and O–H groups in total. The molecule has 1 rings (SSSR count). The van der Waals surface area contributed by atoms with Crippen molar-refractivity contribution in [3.05, 3.63) is 28.2 Å². The highest BCUT2D eigenvalue weighted by Gasteiger charge is 2.22. The van der Waals surface area contributed by atoms with Crippen LogP contribution in [0.5, 0.6) is 0 Å². The zero-order valence-electron chi connectivity index (χ0n) is 14.3. The van der Waals surface area contributed by atoms with Gasteiger partial charge in [0.05, 0.1) is 11.4 Å². The van der Waals surface area contributed by atoms with Crippen molar-refractivity contribution in [2.24, 2.45) is 0 Å². The molecular formula is C15H22BrN3O4S. The molecule has 1 aromatic rings. The van der Waals surface area contributed by atoms with Crippen molar-refractivity contribution in [2.75, 3.05) is 20.6 Å². The van der Waals surface area contributed by atoms with E-state index >= 15 is 0 Å². The summed E-state index contributed by atoms with van der Waals surface area (Å²) < 4.78 is 25.9. The smallest absolute Gasteiger partial charge is 0.251 e. The number of rotatable bonds is 5. The van der Waals surface area contributed by atoms with Crippen molar-refractivity contribution in [1.29, 1.82) is 0 Å². The van der Waals surface area contributed by atoms with E-state index in [0.717, 1.165) is 4.31 Å². The van der Waals surface area contributed by atoms with E-state index in [9.17, 15) is 18.0 Å². The fourth-order valence-corrected chi connectivity index (χ4v) is 3.61. The molecular weight excluding hydrogens is 398 g/mol. The van der Waals surface area contributed by atoms with Crippen LogP contribution in [-0.2, 0) is 14.8 Å². The largest absolute Gasteiger partial charge is 0.350 e. The minimum absolute atomic E-state index is 0.0145. The molecule has 0 unspecified atom stereocenters. The van der Waals surface area contributed by atoms with Crippen LogP contribution < -0.4 is 10.6 Å². The van der Waals surface area contributed by atoms with Gasteiger partial charge < -0.3 is 10.6 Å². The Morgan fingerprint density at radius 3 is 2.29 bits per heavy atom. The van der Waals surface area contributed by atoms with Crippen LogP contribution in [0, 0.1) is 0 Å². The minimum atomic E-state index is -3.69. The Balaban J connectivity index is 2.92. The van der Waals surface area contributed by atoms with Gasteiger partial charge in [-0.25, -0.2) is 12.7 Å². The molecule has 0 fully saturated rings. The molecule has 2 amide bonds. The van der Waals surface area contributed by atoms with Gasteiger partial charge in [-0.3, -0.25) is 9.59 Å². The van der Waals surface area contributed by atoms with E-state index in [0.29, 0.717) is 4.47 Å². The fourth-order valence-electron chi connectivity index (χ4n) is 1.76. The van der Waals surface area contributed by atoms with E-state index in [4.69, 9.17) is 0 Å². The maximum Gasteiger partial charge on any atom is 0.251 e. The molecule has 0 aliphatic carbocycles. The van der Waals surface area contributed by atoms with Gasteiger partial charge in [-0.2, -0.15) is 0 Å². The first-order valence-electron chi connectivity index (χ1n) is 7.16. The summed E-state index contributed by atoms with van der Waals surface area (Å²) >= 11 is 3.18. The maximum atomic E-state index is 12.3. The van der Waals surface area contributed by atoms with Gasteiger partial charge in [0.15, 0.2) is 0 Å². The van der Waals surface area contributed by atoms with Crippen LogP contribution in [0.2, 0.25) is 0 Å². The molecule has 0 heterocycles. The molecule has 0 radical (unpaired) electrons. The number of amides is 2. The predicted octanol–water partition coefficient (Wildman–Crippen LogP) is 1.34. The monoisotopic (exact) mass is 419 g/mol. The van der Waals surface area contributed by atoms with E-state index in [1.807, 2.05) is 20.8 Å². The maximum absolute atomic E-state index is 12.3. The van der Waals surface area contributed by atoms with Gasteiger partial charge in [-0.05, 0) is 54.9 Å². The highest BCUT2D eigenvalue weighted by atomic mass is 79.9. The molecule has 7 nitrogen and oxygen atoms in total. The summed E-state index contributed by atoms with van der Waals surface area (Å²) in [5.41, 5.74) is -0.242. The van der Waals surface area contributed by atoms with Crippen LogP contribution in [0.1, 0.15) is 31.1 Å². The summed E-state index contributed by atoms with van der Waals surface area (Å²) in [7, 11) is -0.876. The third kappa shape index (κ3) is 5.57. The summed E-state index contributed by atoms with van der Waals surface area (Å²) in [5.74, 6) is -0.851. The SMILES string of the molecule is CN(C)S(=O)(=O)c1cc(C(=O)NCC(=O)NC(C)(C)C)ccc1Br. The number of benzene rings is 1. The van der Waals surface area contributed by atoms with Gasteiger partial charge in [0, 0.05) is 29.7 Å². The topological polar surface area (TPSA) is 95.6 Å². The summed E-state index contributed by atoms with van der Waals surface area (Å²) in [4.78, 5) is 23.9. The van der Waals surface area contributed by atoms with Gasteiger partial charge in [-0.1, -0.05) is 0 Å². The van der Waals surface area contributed by atoms with Crippen LogP contribution in [0.15, 0.2) is 27.6 Å². The molecule has 0 saturated heterocycles. The van der Waals surface area contributed by atoms with Gasteiger partial charge >= 0.3 is 0 Å². The molecule has 0 aliphatic heterocycles. The van der Waals surface area contributed by atoms with Gasteiger partial charge in [0.2, 0.25) is 15.9 Å². The van der Waals surface area contributed by atoms with Crippen LogP contribution in [0.3, 0.4) is 0 Å². The first-order valence-corrected chi connectivity index (χ1v) is 9.39. The quantitative estimate of drug-likeness (QED) is 0.752. The summed E-state index contributed by atoms with van der Waals surface area (Å²) in [5, 5.41) is 5.20. The molecule has 0 spiro atoms. The lowest BCUT2D eigenvalue weighted by molar-refractivity contribution is -0.121. The second-order valence-corrected chi connectivity index (χ2v) is 9.39. The molecule has 24 heavy (non-hydrogen) atoms. The number of nitrogens with one attached hydrogen (secondary N) is 2. The van der Waals surface area contributed by atoms with Crippen molar-refractivity contribution in [3.63, 3.8) is 0 Å². The first-order chi connectivity index (χ1) is 10.8. The Morgan fingerprint density at radius 1 is 1.21 bits per heavy atom. The number of hydrogen-bond acceptors (Lipinski definition) is 4. The second kappa shape index (κ2) is 7.62. The van der Waals surface area contributed by atoms with E-state index in [1.165, 1.54) is 32.3 Å². The minimum Gasteiger partial charge on any atom is -0.350 e. The van der Waals surface area contributed by atoms with Crippen LogP contribution in [0.4, 0.5) is 0 Å². The zero-order chi connectivity index (χ0) is 18.7. The number of carbonyl (C=O) groups is 2. The molecule has 0 bridgehead atoms. The van der Waals surface area contributed by atoms with Crippen LogP contribution >= 0.6 is 15.9 Å². The number of sulfonamides is 1. The number of halogens is 1. The van der Waals surface area contributed by atoms with Crippen molar-refractivity contribution >= 4 is 37.8 Å². The van der Waals surface area contributed by atoms with E-state index in [1.54, 1.807) is 0 Å². The number of hydrogen-bond donors (Lipinski definition) is 2. The number of carbonyl (C=O) groups excluding carboxylic acids is 2. The molecule has 0 atom stereocenters. The average molecular weight is 420 g/mol. The van der Waals surface area contributed by atoms with Crippen molar-refractivity contribution in [2.45, 2.75) is 31.2 Å². The Hall–Kier alpha value is -1.45. The fraction of sp³-hybridized carbons (Fsp3) is 0.467. The first kappa shape index (κ1) is 20.6. The number of nitrogens with zero attached hydrogens (tertiary/aromatic N) is 1. The third-order valence-corrected chi connectivity index (χ3v) is 5.68. The van der Waals surface area contributed by atoms with Crippen molar-refractivity contribution in [3.8, 4) is 0 Å². The van der Waals surface area contributed by atoms with Crippen molar-refractivity contribution < 1.29 is 18.0 Å². The Kier molecular flexibility index (Phi) is 6.54. The predicted molar refractivity (Wildman–Crippen MR) is 95.2 cm³/mol. The molecule has 0 aromatic heterocycles. The van der Waals surface area contributed by atoms with Crippen LogP contribution in [0.25, 0.3) is 0 Å². The normalized spacial score (nSPS) is 12.1. The molecule has 0 saturated carbocycles. The van der Waals surface area contributed by atoms with Gasteiger partial charge in [0.25, 0.3) is 5.91 Å². The second-order valence-electron chi connectivity index (χ2n) is 6.41. The van der Waals surface area contributed by atoms with E-state index in [-0.39, 0.29) is 22.9 Å². The Labute approximate surface area is 151 Å². The Morgan fingerprint density at radius 2 is 1.79 bits per heavy atom. The van der Waals surface area contributed by atoms with E-state index in [2.05, 4.69) is 26.6 Å². The molecule has 134 valence electrons. The lowest BCUT2D eigenvalue weighted by Gasteiger charge is -2.20. The molecule has 1 aromatic carbocycles. The lowest BCUT2D eigenvalue weighted by atomic mass is 10.1. The average Bonchev–Trinajstić information content (AvgIpc) is 2.43. The van der Waals surface area contributed by atoms with Crippen LogP contribution in [-0.4, -0.2) is 50.7 Å². The summed E-state index contributed by atoms with van der Waals surface area (Å²) in [6, 6.07) is 4.24. The highest BCUT2D eigenvalue weighted by molar-refractivity contribution is 9.10. The van der Waals surface area contributed by atoms with Gasteiger partial charge in [-0.15, -0.1) is 0 Å². The third-order valence-electron chi connectivity index (χ3n) is 2.88. The van der Waals surface area contributed by atoms with Gasteiger partial charge in [0.1, 0.15) is 0 Å². The van der Waals surface area contributed by atoms with Crippen molar-refractivity contribution in [1.82, 2.24) is 14.9 Å².